The van der Waals surface area contributed by atoms with E-state index in [2.05, 4.69) is 5.32 Å². The number of fused-ring (bicyclic) bond motifs is 2. The predicted octanol–water partition coefficient (Wildman–Crippen LogP) is 2.34. The van der Waals surface area contributed by atoms with Crippen molar-refractivity contribution in [3.8, 4) is 0 Å². The van der Waals surface area contributed by atoms with E-state index in [0.29, 0.717) is 6.04 Å². The zero-order valence-electron chi connectivity index (χ0n) is 9.47. The number of rotatable bonds is 1. The Bertz CT molecular complexity index is 241. The summed E-state index contributed by atoms with van der Waals surface area (Å²) in [6.07, 6.45) is 5.31. The molecular formula is C12H21NO. The highest BCUT2D eigenvalue weighted by Gasteiger charge is 2.41. The van der Waals surface area contributed by atoms with Crippen molar-refractivity contribution < 1.29 is 4.79 Å². The maximum Gasteiger partial charge on any atom is 0.225 e. The number of nitrogens with one attached hydrogen (secondary N) is 1. The van der Waals surface area contributed by atoms with Crippen molar-refractivity contribution in [1.29, 1.82) is 0 Å². The van der Waals surface area contributed by atoms with Crippen LogP contribution < -0.4 is 5.32 Å². The molecule has 3 atom stereocenters. The van der Waals surface area contributed by atoms with Gasteiger partial charge in [0.1, 0.15) is 0 Å². The fraction of sp³-hybridized carbons (Fsp3) is 0.917. The van der Waals surface area contributed by atoms with Gasteiger partial charge < -0.3 is 5.32 Å². The molecule has 0 aromatic heterocycles. The van der Waals surface area contributed by atoms with Gasteiger partial charge in [0.05, 0.1) is 0 Å². The molecule has 2 rings (SSSR count). The third kappa shape index (κ3) is 1.79. The summed E-state index contributed by atoms with van der Waals surface area (Å²) >= 11 is 0. The number of hydrogen-bond donors (Lipinski definition) is 1. The molecule has 0 spiro atoms. The third-order valence-electron chi connectivity index (χ3n) is 3.74. The second-order valence-electron chi connectivity index (χ2n) is 6.00. The summed E-state index contributed by atoms with van der Waals surface area (Å²) in [4.78, 5) is 11.8. The summed E-state index contributed by atoms with van der Waals surface area (Å²) in [6.45, 7) is 5.95. The molecule has 0 aromatic rings. The summed E-state index contributed by atoms with van der Waals surface area (Å²) in [5, 5.41) is 3.21. The SMILES string of the molecule is CC(C)(C)C(=O)N[C@H]1C[C@H]2CC[C@H]1C2. The number of carbonyl (C=O) groups excluding carboxylic acids is 1. The van der Waals surface area contributed by atoms with E-state index in [1.165, 1.54) is 25.7 Å². The quantitative estimate of drug-likeness (QED) is 0.683. The van der Waals surface area contributed by atoms with Gasteiger partial charge in [-0.1, -0.05) is 27.2 Å². The van der Waals surface area contributed by atoms with Gasteiger partial charge in [-0.2, -0.15) is 0 Å². The van der Waals surface area contributed by atoms with Crippen molar-refractivity contribution in [2.24, 2.45) is 17.3 Å². The lowest BCUT2D eigenvalue weighted by Gasteiger charge is -2.27. The minimum Gasteiger partial charge on any atom is -0.353 e. The molecule has 0 aromatic carbocycles. The Labute approximate surface area is 86.5 Å². The van der Waals surface area contributed by atoms with Gasteiger partial charge in [-0.3, -0.25) is 4.79 Å². The van der Waals surface area contributed by atoms with Crippen LogP contribution in [-0.2, 0) is 4.79 Å². The summed E-state index contributed by atoms with van der Waals surface area (Å²) in [6, 6.07) is 0.487. The summed E-state index contributed by atoms with van der Waals surface area (Å²) in [5.41, 5.74) is -0.234. The van der Waals surface area contributed by atoms with Crippen LogP contribution in [0.2, 0.25) is 0 Å². The molecule has 1 amide bonds. The Kier molecular flexibility index (Phi) is 2.32. The van der Waals surface area contributed by atoms with Crippen molar-refractivity contribution in [2.45, 2.75) is 52.5 Å². The molecule has 14 heavy (non-hydrogen) atoms. The molecule has 0 heterocycles. The average molecular weight is 195 g/mol. The first kappa shape index (κ1) is 10.0. The standard InChI is InChI=1S/C12H21NO/c1-12(2,3)11(14)13-10-7-8-4-5-9(10)6-8/h8-10H,4-7H2,1-3H3,(H,13,14)/t8-,9-,10-/m0/s1. The molecule has 0 unspecified atom stereocenters. The molecule has 0 radical (unpaired) electrons. The highest BCUT2D eigenvalue weighted by atomic mass is 16.2. The highest BCUT2D eigenvalue weighted by Crippen LogP contribution is 2.44. The zero-order chi connectivity index (χ0) is 10.3. The van der Waals surface area contributed by atoms with E-state index >= 15 is 0 Å². The highest BCUT2D eigenvalue weighted by molar-refractivity contribution is 5.81. The van der Waals surface area contributed by atoms with Crippen molar-refractivity contribution in [3.05, 3.63) is 0 Å². The molecule has 0 aliphatic heterocycles. The minimum absolute atomic E-state index is 0.218. The average Bonchev–Trinajstić information content (AvgIpc) is 2.62. The van der Waals surface area contributed by atoms with Crippen molar-refractivity contribution in [2.75, 3.05) is 0 Å². The second kappa shape index (κ2) is 3.25. The molecule has 2 heteroatoms. The van der Waals surface area contributed by atoms with Gasteiger partial charge in [-0.05, 0) is 31.1 Å². The van der Waals surface area contributed by atoms with E-state index in [-0.39, 0.29) is 11.3 Å². The van der Waals surface area contributed by atoms with Crippen molar-refractivity contribution >= 4 is 5.91 Å². The van der Waals surface area contributed by atoms with Crippen LogP contribution in [0.4, 0.5) is 0 Å². The number of hydrogen-bond acceptors (Lipinski definition) is 1. The monoisotopic (exact) mass is 195 g/mol. The van der Waals surface area contributed by atoms with Crippen LogP contribution in [-0.4, -0.2) is 11.9 Å². The first-order chi connectivity index (χ1) is 6.47. The Hall–Kier alpha value is -0.530. The predicted molar refractivity (Wildman–Crippen MR) is 56.8 cm³/mol. The first-order valence-electron chi connectivity index (χ1n) is 5.78. The first-order valence-corrected chi connectivity index (χ1v) is 5.78. The van der Waals surface area contributed by atoms with Gasteiger partial charge in [-0.25, -0.2) is 0 Å². The van der Waals surface area contributed by atoms with E-state index in [9.17, 15) is 4.79 Å². The van der Waals surface area contributed by atoms with Crippen LogP contribution in [0.15, 0.2) is 0 Å². The molecule has 2 nitrogen and oxygen atoms in total. The Morgan fingerprint density at radius 1 is 1.21 bits per heavy atom. The zero-order valence-corrected chi connectivity index (χ0v) is 9.47. The lowest BCUT2D eigenvalue weighted by Crippen LogP contribution is -2.44. The van der Waals surface area contributed by atoms with Gasteiger partial charge in [0, 0.05) is 11.5 Å². The Morgan fingerprint density at radius 2 is 1.93 bits per heavy atom. The van der Waals surface area contributed by atoms with Crippen LogP contribution in [0.5, 0.6) is 0 Å². The van der Waals surface area contributed by atoms with Crippen molar-refractivity contribution in [3.63, 3.8) is 0 Å². The molecule has 2 fully saturated rings. The molecule has 80 valence electrons. The van der Waals surface area contributed by atoms with E-state index in [4.69, 9.17) is 0 Å². The van der Waals surface area contributed by atoms with Gasteiger partial charge >= 0.3 is 0 Å². The molecule has 2 aliphatic rings. The lowest BCUT2D eigenvalue weighted by atomic mass is 9.91. The van der Waals surface area contributed by atoms with Crippen LogP contribution in [0.3, 0.4) is 0 Å². The molecule has 2 bridgehead atoms. The maximum atomic E-state index is 11.8. The maximum absolute atomic E-state index is 11.8. The van der Waals surface area contributed by atoms with Gasteiger partial charge in [0.25, 0.3) is 0 Å². The van der Waals surface area contributed by atoms with E-state index in [0.717, 1.165) is 11.8 Å². The molecule has 0 saturated heterocycles. The van der Waals surface area contributed by atoms with Crippen LogP contribution in [0, 0.1) is 17.3 Å². The van der Waals surface area contributed by atoms with Crippen LogP contribution in [0.25, 0.3) is 0 Å². The fourth-order valence-corrected chi connectivity index (χ4v) is 2.81. The van der Waals surface area contributed by atoms with Gasteiger partial charge in [-0.15, -0.1) is 0 Å². The van der Waals surface area contributed by atoms with E-state index < -0.39 is 0 Å². The summed E-state index contributed by atoms with van der Waals surface area (Å²) in [7, 11) is 0. The Balaban J connectivity index is 1.90. The van der Waals surface area contributed by atoms with Crippen LogP contribution in [0.1, 0.15) is 46.5 Å². The Morgan fingerprint density at radius 3 is 2.36 bits per heavy atom. The van der Waals surface area contributed by atoms with Gasteiger partial charge in [0.15, 0.2) is 0 Å². The smallest absolute Gasteiger partial charge is 0.225 e. The van der Waals surface area contributed by atoms with Crippen LogP contribution >= 0.6 is 0 Å². The molecule has 2 aliphatic carbocycles. The molecular weight excluding hydrogens is 174 g/mol. The molecule has 2 saturated carbocycles. The molecule has 1 N–H and O–H groups in total. The number of carbonyl (C=O) groups is 1. The normalized spacial score (nSPS) is 36.1. The lowest BCUT2D eigenvalue weighted by molar-refractivity contribution is -0.129. The van der Waals surface area contributed by atoms with E-state index in [1.807, 2.05) is 20.8 Å². The third-order valence-corrected chi connectivity index (χ3v) is 3.74. The summed E-state index contributed by atoms with van der Waals surface area (Å²) < 4.78 is 0. The number of amides is 1. The largest absolute Gasteiger partial charge is 0.353 e. The fourth-order valence-electron chi connectivity index (χ4n) is 2.81. The van der Waals surface area contributed by atoms with E-state index in [1.54, 1.807) is 0 Å². The minimum atomic E-state index is -0.234. The second-order valence-corrected chi connectivity index (χ2v) is 6.00. The van der Waals surface area contributed by atoms with Gasteiger partial charge in [0.2, 0.25) is 5.91 Å². The van der Waals surface area contributed by atoms with Crippen molar-refractivity contribution in [1.82, 2.24) is 5.32 Å². The summed E-state index contributed by atoms with van der Waals surface area (Å²) in [5.74, 6) is 1.91. The topological polar surface area (TPSA) is 29.1 Å².